The number of aryl methyl sites for hydroxylation is 2. The standard InChI is InChI=1S/C18H19Cl2N/c19-17-5-2-6-18(20)16(17)11-15(21)10-12-7-8-13-3-1-4-14(13)9-12/h2,5-9,15H,1,3-4,10-11,21H2. The third kappa shape index (κ3) is 3.42. The van der Waals surface area contributed by atoms with E-state index in [0.717, 1.165) is 12.0 Å². The Morgan fingerprint density at radius 3 is 2.43 bits per heavy atom. The lowest BCUT2D eigenvalue weighted by molar-refractivity contribution is 0.664. The number of nitrogens with two attached hydrogens (primary N) is 1. The third-order valence-electron chi connectivity index (χ3n) is 4.19. The van der Waals surface area contributed by atoms with Gasteiger partial charge in [-0.05, 0) is 66.5 Å². The van der Waals surface area contributed by atoms with Crippen molar-refractivity contribution in [2.75, 3.05) is 0 Å². The average Bonchev–Trinajstić information content (AvgIpc) is 2.90. The number of rotatable bonds is 4. The molecule has 0 bridgehead atoms. The predicted molar refractivity (Wildman–Crippen MR) is 90.3 cm³/mol. The minimum atomic E-state index is 0.0295. The maximum Gasteiger partial charge on any atom is 0.0453 e. The lowest BCUT2D eigenvalue weighted by Crippen LogP contribution is -2.25. The molecule has 2 N–H and O–H groups in total. The molecule has 0 saturated carbocycles. The zero-order chi connectivity index (χ0) is 14.8. The van der Waals surface area contributed by atoms with E-state index in [1.807, 2.05) is 18.2 Å². The van der Waals surface area contributed by atoms with Crippen LogP contribution in [0.2, 0.25) is 10.0 Å². The van der Waals surface area contributed by atoms with Gasteiger partial charge in [0.1, 0.15) is 0 Å². The molecule has 0 aromatic heterocycles. The van der Waals surface area contributed by atoms with Crippen LogP contribution in [0.4, 0.5) is 0 Å². The predicted octanol–water partition coefficient (Wildman–Crippen LogP) is 4.59. The fourth-order valence-corrected chi connectivity index (χ4v) is 3.67. The maximum atomic E-state index is 6.30. The molecule has 2 aromatic rings. The highest BCUT2D eigenvalue weighted by Crippen LogP contribution is 2.27. The first kappa shape index (κ1) is 14.9. The molecule has 1 aliphatic carbocycles. The van der Waals surface area contributed by atoms with Gasteiger partial charge in [0.25, 0.3) is 0 Å². The molecule has 0 saturated heterocycles. The Bertz CT molecular complexity index is 631. The molecule has 1 unspecified atom stereocenters. The largest absolute Gasteiger partial charge is 0.327 e. The lowest BCUT2D eigenvalue weighted by Gasteiger charge is -2.15. The number of hydrogen-bond donors (Lipinski definition) is 1. The van der Waals surface area contributed by atoms with E-state index < -0.39 is 0 Å². The van der Waals surface area contributed by atoms with Crippen molar-refractivity contribution < 1.29 is 0 Å². The average molecular weight is 320 g/mol. The fraction of sp³-hybridized carbons (Fsp3) is 0.333. The summed E-state index contributed by atoms with van der Waals surface area (Å²) in [7, 11) is 0. The molecule has 0 radical (unpaired) electrons. The van der Waals surface area contributed by atoms with Crippen LogP contribution in [0.1, 0.15) is 28.7 Å². The van der Waals surface area contributed by atoms with E-state index in [0.29, 0.717) is 16.5 Å². The smallest absolute Gasteiger partial charge is 0.0453 e. The van der Waals surface area contributed by atoms with Gasteiger partial charge in [0.05, 0.1) is 0 Å². The number of halogens is 2. The second-order valence-corrected chi connectivity index (χ2v) is 6.64. The van der Waals surface area contributed by atoms with Crippen molar-refractivity contribution in [3.05, 3.63) is 68.7 Å². The molecule has 0 aliphatic heterocycles. The van der Waals surface area contributed by atoms with Crippen molar-refractivity contribution in [1.29, 1.82) is 0 Å². The van der Waals surface area contributed by atoms with Crippen LogP contribution in [0.25, 0.3) is 0 Å². The first-order valence-corrected chi connectivity index (χ1v) is 8.18. The minimum absolute atomic E-state index is 0.0295. The van der Waals surface area contributed by atoms with E-state index >= 15 is 0 Å². The molecule has 0 fully saturated rings. The summed E-state index contributed by atoms with van der Waals surface area (Å²) in [6.07, 6.45) is 5.26. The Morgan fingerprint density at radius 2 is 1.67 bits per heavy atom. The van der Waals surface area contributed by atoms with E-state index in [1.165, 1.54) is 36.0 Å². The lowest BCUT2D eigenvalue weighted by atomic mass is 9.97. The molecule has 3 heteroatoms. The van der Waals surface area contributed by atoms with Crippen LogP contribution < -0.4 is 5.73 Å². The van der Waals surface area contributed by atoms with Crippen LogP contribution in [0, 0.1) is 0 Å². The molecule has 2 aromatic carbocycles. The van der Waals surface area contributed by atoms with E-state index in [9.17, 15) is 0 Å². The van der Waals surface area contributed by atoms with Gasteiger partial charge in [-0.25, -0.2) is 0 Å². The SMILES string of the molecule is NC(Cc1ccc2c(c1)CCC2)Cc1c(Cl)cccc1Cl. The van der Waals surface area contributed by atoms with E-state index in [-0.39, 0.29) is 6.04 Å². The van der Waals surface area contributed by atoms with Gasteiger partial charge in [-0.15, -0.1) is 0 Å². The zero-order valence-electron chi connectivity index (χ0n) is 11.9. The van der Waals surface area contributed by atoms with Crippen molar-refractivity contribution in [3.63, 3.8) is 0 Å². The zero-order valence-corrected chi connectivity index (χ0v) is 13.4. The summed E-state index contributed by atoms with van der Waals surface area (Å²) in [6, 6.07) is 12.4. The summed E-state index contributed by atoms with van der Waals surface area (Å²) in [5, 5.41) is 1.40. The van der Waals surface area contributed by atoms with Gasteiger partial charge in [0.2, 0.25) is 0 Å². The molecule has 0 amide bonds. The number of fused-ring (bicyclic) bond motifs is 1. The second-order valence-electron chi connectivity index (χ2n) is 5.83. The Morgan fingerprint density at radius 1 is 0.952 bits per heavy atom. The van der Waals surface area contributed by atoms with Crippen molar-refractivity contribution in [2.45, 2.75) is 38.1 Å². The van der Waals surface area contributed by atoms with Crippen LogP contribution >= 0.6 is 23.2 Å². The fourth-order valence-electron chi connectivity index (χ4n) is 3.12. The van der Waals surface area contributed by atoms with Crippen LogP contribution in [0.5, 0.6) is 0 Å². The van der Waals surface area contributed by atoms with E-state index in [1.54, 1.807) is 0 Å². The Kier molecular flexibility index (Phi) is 4.54. The molecule has 21 heavy (non-hydrogen) atoms. The van der Waals surface area contributed by atoms with Crippen molar-refractivity contribution in [1.82, 2.24) is 0 Å². The third-order valence-corrected chi connectivity index (χ3v) is 4.90. The molecular formula is C18H19Cl2N. The van der Waals surface area contributed by atoms with E-state index in [4.69, 9.17) is 28.9 Å². The summed E-state index contributed by atoms with van der Waals surface area (Å²) in [5.74, 6) is 0. The first-order valence-electron chi connectivity index (χ1n) is 7.42. The summed E-state index contributed by atoms with van der Waals surface area (Å²) in [4.78, 5) is 0. The highest BCUT2D eigenvalue weighted by molar-refractivity contribution is 6.36. The van der Waals surface area contributed by atoms with Gasteiger partial charge in [0.15, 0.2) is 0 Å². The molecule has 1 aliphatic rings. The Balaban J connectivity index is 1.70. The highest BCUT2D eigenvalue weighted by Gasteiger charge is 2.14. The topological polar surface area (TPSA) is 26.0 Å². The monoisotopic (exact) mass is 319 g/mol. The normalized spacial score (nSPS) is 15.0. The molecule has 1 atom stereocenters. The van der Waals surface area contributed by atoms with Crippen LogP contribution in [0.15, 0.2) is 36.4 Å². The Hall–Kier alpha value is -1.02. The summed E-state index contributed by atoms with van der Waals surface area (Å²) >= 11 is 12.4. The molecular weight excluding hydrogens is 301 g/mol. The number of benzene rings is 2. The van der Waals surface area contributed by atoms with Gasteiger partial charge >= 0.3 is 0 Å². The van der Waals surface area contributed by atoms with Gasteiger partial charge in [-0.2, -0.15) is 0 Å². The molecule has 3 rings (SSSR count). The molecule has 1 nitrogen and oxygen atoms in total. The van der Waals surface area contributed by atoms with E-state index in [2.05, 4.69) is 18.2 Å². The van der Waals surface area contributed by atoms with Crippen LogP contribution in [0.3, 0.4) is 0 Å². The summed E-state index contributed by atoms with van der Waals surface area (Å²) < 4.78 is 0. The minimum Gasteiger partial charge on any atom is -0.327 e. The first-order chi connectivity index (χ1) is 10.1. The summed E-state index contributed by atoms with van der Waals surface area (Å²) in [6.45, 7) is 0. The molecule has 110 valence electrons. The molecule has 0 heterocycles. The summed E-state index contributed by atoms with van der Waals surface area (Å²) in [5.41, 5.74) is 11.6. The van der Waals surface area contributed by atoms with Crippen molar-refractivity contribution in [3.8, 4) is 0 Å². The quantitative estimate of drug-likeness (QED) is 0.876. The maximum absolute atomic E-state index is 6.30. The molecule has 0 spiro atoms. The highest BCUT2D eigenvalue weighted by atomic mass is 35.5. The Labute approximate surface area is 136 Å². The van der Waals surface area contributed by atoms with Crippen molar-refractivity contribution >= 4 is 23.2 Å². The van der Waals surface area contributed by atoms with Gasteiger partial charge in [-0.1, -0.05) is 47.5 Å². The van der Waals surface area contributed by atoms with Gasteiger partial charge in [0, 0.05) is 16.1 Å². The second kappa shape index (κ2) is 6.39. The van der Waals surface area contributed by atoms with Gasteiger partial charge < -0.3 is 5.73 Å². The van der Waals surface area contributed by atoms with Crippen molar-refractivity contribution in [2.24, 2.45) is 5.73 Å². The van der Waals surface area contributed by atoms with Crippen LogP contribution in [-0.2, 0) is 25.7 Å². The number of hydrogen-bond acceptors (Lipinski definition) is 1. The van der Waals surface area contributed by atoms with Gasteiger partial charge in [-0.3, -0.25) is 0 Å². The van der Waals surface area contributed by atoms with Crippen LogP contribution in [-0.4, -0.2) is 6.04 Å².